The van der Waals surface area contributed by atoms with Crippen LogP contribution in [0.3, 0.4) is 0 Å². The lowest BCUT2D eigenvalue weighted by molar-refractivity contribution is -0.0942. The summed E-state index contributed by atoms with van der Waals surface area (Å²) in [5, 5.41) is 3.94. The molecule has 1 aliphatic heterocycles. The summed E-state index contributed by atoms with van der Waals surface area (Å²) in [7, 11) is 0. The summed E-state index contributed by atoms with van der Waals surface area (Å²) in [5.41, 5.74) is 3.23. The topological polar surface area (TPSA) is 21.3 Å². The molecular formula is C19H29NO. The Balaban J connectivity index is 1.60. The van der Waals surface area contributed by atoms with E-state index >= 15 is 0 Å². The van der Waals surface area contributed by atoms with Crippen LogP contribution in [0.5, 0.6) is 0 Å². The average molecular weight is 287 g/mol. The maximum absolute atomic E-state index is 6.10. The number of rotatable bonds is 4. The van der Waals surface area contributed by atoms with E-state index in [-0.39, 0.29) is 5.60 Å². The number of fused-ring (bicyclic) bond motifs is 1. The molecule has 0 spiro atoms. The third kappa shape index (κ3) is 3.32. The highest BCUT2D eigenvalue weighted by Gasteiger charge is 2.35. The molecule has 2 heteroatoms. The fourth-order valence-electron chi connectivity index (χ4n) is 4.09. The number of hydrogen-bond acceptors (Lipinski definition) is 2. The molecule has 116 valence electrons. The third-order valence-corrected chi connectivity index (χ3v) is 5.60. The molecule has 0 aromatic heterocycles. The van der Waals surface area contributed by atoms with Crippen LogP contribution in [0.25, 0.3) is 0 Å². The van der Waals surface area contributed by atoms with Crippen molar-refractivity contribution in [3.8, 4) is 0 Å². The van der Waals surface area contributed by atoms with Crippen molar-refractivity contribution >= 4 is 0 Å². The number of aryl methyl sites for hydroxylation is 1. The predicted octanol–water partition coefficient (Wildman–Crippen LogP) is 3.87. The van der Waals surface area contributed by atoms with Crippen molar-refractivity contribution < 1.29 is 4.74 Å². The second kappa shape index (κ2) is 6.50. The van der Waals surface area contributed by atoms with Crippen LogP contribution in [-0.2, 0) is 17.6 Å². The van der Waals surface area contributed by atoms with Crippen LogP contribution in [0.1, 0.15) is 57.1 Å². The standard InChI is InChI=1S/C19H29NO/c1-3-19(4-2)14-18(11-12-21-19)20-17-10-9-15-7-5-6-8-16(15)13-17/h5-8,17-18,20H,3-4,9-14H2,1-2H3. The van der Waals surface area contributed by atoms with Gasteiger partial charge in [0.25, 0.3) is 0 Å². The maximum atomic E-state index is 6.10. The summed E-state index contributed by atoms with van der Waals surface area (Å²) in [4.78, 5) is 0. The van der Waals surface area contributed by atoms with Crippen molar-refractivity contribution in [3.63, 3.8) is 0 Å². The first-order valence-electron chi connectivity index (χ1n) is 8.71. The Morgan fingerprint density at radius 3 is 2.62 bits per heavy atom. The van der Waals surface area contributed by atoms with Crippen LogP contribution in [0, 0.1) is 0 Å². The molecule has 1 aromatic rings. The van der Waals surface area contributed by atoms with Crippen molar-refractivity contribution in [1.82, 2.24) is 5.32 Å². The molecule has 0 bridgehead atoms. The fraction of sp³-hybridized carbons (Fsp3) is 0.684. The summed E-state index contributed by atoms with van der Waals surface area (Å²) >= 11 is 0. The van der Waals surface area contributed by atoms with Crippen LogP contribution >= 0.6 is 0 Å². The minimum absolute atomic E-state index is 0.127. The van der Waals surface area contributed by atoms with E-state index in [1.807, 2.05) is 0 Å². The maximum Gasteiger partial charge on any atom is 0.0692 e. The van der Waals surface area contributed by atoms with E-state index in [1.165, 1.54) is 32.1 Å². The van der Waals surface area contributed by atoms with Gasteiger partial charge in [-0.2, -0.15) is 0 Å². The number of nitrogens with one attached hydrogen (secondary N) is 1. The monoisotopic (exact) mass is 287 g/mol. The normalized spacial score (nSPS) is 28.1. The predicted molar refractivity (Wildman–Crippen MR) is 87.7 cm³/mol. The van der Waals surface area contributed by atoms with E-state index in [1.54, 1.807) is 11.1 Å². The molecule has 1 fully saturated rings. The summed E-state index contributed by atoms with van der Waals surface area (Å²) < 4.78 is 6.10. The molecule has 0 amide bonds. The van der Waals surface area contributed by atoms with E-state index in [0.717, 1.165) is 19.4 Å². The zero-order chi connectivity index (χ0) is 14.7. The molecule has 1 saturated heterocycles. The van der Waals surface area contributed by atoms with E-state index in [2.05, 4.69) is 43.4 Å². The minimum Gasteiger partial charge on any atom is -0.375 e. The Morgan fingerprint density at radius 2 is 1.86 bits per heavy atom. The first-order chi connectivity index (χ1) is 10.2. The Bertz CT molecular complexity index is 466. The summed E-state index contributed by atoms with van der Waals surface area (Å²) in [6, 6.07) is 10.2. The van der Waals surface area contributed by atoms with E-state index in [9.17, 15) is 0 Å². The number of benzene rings is 1. The van der Waals surface area contributed by atoms with Crippen molar-refractivity contribution in [1.29, 1.82) is 0 Å². The van der Waals surface area contributed by atoms with Gasteiger partial charge in [-0.3, -0.25) is 0 Å². The molecule has 2 atom stereocenters. The molecule has 0 radical (unpaired) electrons. The van der Waals surface area contributed by atoms with Gasteiger partial charge in [-0.15, -0.1) is 0 Å². The summed E-state index contributed by atoms with van der Waals surface area (Å²) in [6.45, 7) is 5.45. The highest BCUT2D eigenvalue weighted by atomic mass is 16.5. The molecule has 2 unspecified atom stereocenters. The highest BCUT2D eigenvalue weighted by Crippen LogP contribution is 2.32. The molecule has 1 aromatic carbocycles. The third-order valence-electron chi connectivity index (χ3n) is 5.60. The number of ether oxygens (including phenoxy) is 1. The second-order valence-electron chi connectivity index (χ2n) is 6.80. The van der Waals surface area contributed by atoms with E-state index in [4.69, 9.17) is 4.74 Å². The largest absolute Gasteiger partial charge is 0.375 e. The van der Waals surface area contributed by atoms with Gasteiger partial charge in [0.2, 0.25) is 0 Å². The van der Waals surface area contributed by atoms with Crippen LogP contribution in [0.2, 0.25) is 0 Å². The average Bonchev–Trinajstić information content (AvgIpc) is 2.55. The zero-order valence-corrected chi connectivity index (χ0v) is 13.5. The Labute approximate surface area is 129 Å². The Morgan fingerprint density at radius 1 is 1.10 bits per heavy atom. The lowest BCUT2D eigenvalue weighted by Gasteiger charge is -2.42. The van der Waals surface area contributed by atoms with E-state index < -0.39 is 0 Å². The molecule has 2 nitrogen and oxygen atoms in total. The van der Waals surface area contributed by atoms with Gasteiger partial charge in [-0.25, -0.2) is 0 Å². The quantitative estimate of drug-likeness (QED) is 0.907. The van der Waals surface area contributed by atoms with E-state index in [0.29, 0.717) is 12.1 Å². The molecule has 0 saturated carbocycles. The van der Waals surface area contributed by atoms with Crippen LogP contribution in [0.15, 0.2) is 24.3 Å². The number of hydrogen-bond donors (Lipinski definition) is 1. The molecule has 2 aliphatic rings. The van der Waals surface area contributed by atoms with Crippen molar-refractivity contribution in [2.75, 3.05) is 6.61 Å². The van der Waals surface area contributed by atoms with Crippen LogP contribution in [-0.4, -0.2) is 24.3 Å². The fourth-order valence-corrected chi connectivity index (χ4v) is 4.09. The molecular weight excluding hydrogens is 258 g/mol. The molecule has 21 heavy (non-hydrogen) atoms. The second-order valence-corrected chi connectivity index (χ2v) is 6.80. The van der Waals surface area contributed by atoms with Gasteiger partial charge in [-0.05, 0) is 56.1 Å². The first-order valence-corrected chi connectivity index (χ1v) is 8.71. The zero-order valence-electron chi connectivity index (χ0n) is 13.5. The van der Waals surface area contributed by atoms with Gasteiger partial charge < -0.3 is 10.1 Å². The van der Waals surface area contributed by atoms with Crippen molar-refractivity contribution in [2.45, 2.75) is 76.5 Å². The van der Waals surface area contributed by atoms with Gasteiger partial charge >= 0.3 is 0 Å². The lowest BCUT2D eigenvalue weighted by Crippen LogP contribution is -2.50. The summed E-state index contributed by atoms with van der Waals surface area (Å²) in [5.74, 6) is 0. The van der Waals surface area contributed by atoms with Crippen molar-refractivity contribution in [2.24, 2.45) is 0 Å². The Kier molecular flexibility index (Phi) is 4.66. The van der Waals surface area contributed by atoms with Crippen LogP contribution < -0.4 is 5.32 Å². The molecule has 1 N–H and O–H groups in total. The van der Waals surface area contributed by atoms with Gasteiger partial charge in [0, 0.05) is 18.7 Å². The summed E-state index contributed by atoms with van der Waals surface area (Å²) in [6.07, 6.45) is 8.31. The van der Waals surface area contributed by atoms with Gasteiger partial charge in [0.15, 0.2) is 0 Å². The van der Waals surface area contributed by atoms with Gasteiger partial charge in [-0.1, -0.05) is 38.1 Å². The lowest BCUT2D eigenvalue weighted by atomic mass is 9.84. The highest BCUT2D eigenvalue weighted by molar-refractivity contribution is 5.30. The molecule has 1 aliphatic carbocycles. The molecule has 3 rings (SSSR count). The SMILES string of the molecule is CCC1(CC)CC(NC2CCc3ccccc3C2)CCO1. The molecule has 1 heterocycles. The first kappa shape index (κ1) is 15.1. The van der Waals surface area contributed by atoms with Crippen LogP contribution in [0.4, 0.5) is 0 Å². The van der Waals surface area contributed by atoms with Crippen molar-refractivity contribution in [3.05, 3.63) is 35.4 Å². The minimum atomic E-state index is 0.127. The van der Waals surface area contributed by atoms with Gasteiger partial charge in [0.05, 0.1) is 5.60 Å². The van der Waals surface area contributed by atoms with Gasteiger partial charge in [0.1, 0.15) is 0 Å². The Hall–Kier alpha value is -0.860. The smallest absolute Gasteiger partial charge is 0.0692 e.